The van der Waals surface area contributed by atoms with Crippen LogP contribution in [0.5, 0.6) is 0 Å². The number of anilines is 2. The number of nitrogens with one attached hydrogen (secondary N) is 2. The lowest BCUT2D eigenvalue weighted by Crippen LogP contribution is -2.37. The Labute approximate surface area is 154 Å². The van der Waals surface area contributed by atoms with Crippen LogP contribution in [-0.2, 0) is 0 Å². The summed E-state index contributed by atoms with van der Waals surface area (Å²) in [7, 11) is 7.75. The molecule has 0 saturated heterocycles. The van der Waals surface area contributed by atoms with Crippen LogP contribution in [0, 0.1) is 12.7 Å². The monoisotopic (exact) mass is 358 g/mol. The normalized spacial score (nSPS) is 12.0. The van der Waals surface area contributed by atoms with Gasteiger partial charge in [-0.05, 0) is 62.5 Å². The molecule has 0 fully saturated rings. The number of amides is 2. The minimum absolute atomic E-state index is 0.117. The first kappa shape index (κ1) is 19.7. The van der Waals surface area contributed by atoms with Gasteiger partial charge in [-0.15, -0.1) is 0 Å². The molecular weight excluding hydrogens is 331 g/mol. The number of hydrogen-bond donors (Lipinski definition) is 2. The maximum absolute atomic E-state index is 13.5. The van der Waals surface area contributed by atoms with Crippen LogP contribution in [0.3, 0.4) is 0 Å². The molecule has 0 aliphatic carbocycles. The number of hydrogen-bond acceptors (Lipinski definition) is 3. The van der Waals surface area contributed by atoms with Gasteiger partial charge in [0.15, 0.2) is 0 Å². The number of urea groups is 1. The second-order valence-corrected chi connectivity index (χ2v) is 6.76. The lowest BCUT2D eigenvalue weighted by Gasteiger charge is -2.25. The summed E-state index contributed by atoms with van der Waals surface area (Å²) in [4.78, 5) is 16.2. The molecule has 6 heteroatoms. The van der Waals surface area contributed by atoms with Crippen molar-refractivity contribution in [2.24, 2.45) is 0 Å². The lowest BCUT2D eigenvalue weighted by molar-refractivity contribution is 0.243. The van der Waals surface area contributed by atoms with Crippen LogP contribution in [0.15, 0.2) is 42.5 Å². The first-order chi connectivity index (χ1) is 12.3. The van der Waals surface area contributed by atoms with Gasteiger partial charge in [0.05, 0.1) is 6.04 Å². The number of carbonyl (C=O) groups excluding carboxylic acids is 1. The topological polar surface area (TPSA) is 47.6 Å². The molecule has 2 aromatic carbocycles. The van der Waals surface area contributed by atoms with E-state index < -0.39 is 0 Å². The second kappa shape index (κ2) is 8.67. The standard InChI is InChI=1S/C20H27FN4O/c1-14-11-17(24(2)3)9-10-18(14)23-20(26)22-13-19(25(4)5)15-7-6-8-16(21)12-15/h6-12,19H,13H2,1-5H3,(H2,22,23,26). The SMILES string of the molecule is Cc1cc(N(C)C)ccc1NC(=O)NCC(c1cccc(F)c1)N(C)C. The maximum atomic E-state index is 13.5. The molecule has 0 spiro atoms. The zero-order valence-electron chi connectivity index (χ0n) is 16.0. The van der Waals surface area contributed by atoms with E-state index in [0.717, 1.165) is 22.5 Å². The minimum atomic E-state index is -0.283. The van der Waals surface area contributed by atoms with E-state index in [9.17, 15) is 9.18 Å². The van der Waals surface area contributed by atoms with Gasteiger partial charge < -0.3 is 20.4 Å². The molecule has 0 aliphatic heterocycles. The first-order valence-corrected chi connectivity index (χ1v) is 8.52. The van der Waals surface area contributed by atoms with E-state index in [2.05, 4.69) is 10.6 Å². The number of rotatable bonds is 6. The van der Waals surface area contributed by atoms with Crippen molar-refractivity contribution >= 4 is 17.4 Å². The van der Waals surface area contributed by atoms with Gasteiger partial charge in [-0.3, -0.25) is 0 Å². The fourth-order valence-electron chi connectivity index (χ4n) is 2.73. The Hall–Kier alpha value is -2.60. The summed E-state index contributed by atoms with van der Waals surface area (Å²) >= 11 is 0. The number of benzene rings is 2. The number of likely N-dealkylation sites (N-methyl/N-ethyl adjacent to an activating group) is 1. The number of carbonyl (C=O) groups is 1. The summed E-state index contributed by atoms with van der Waals surface area (Å²) in [5.41, 5.74) is 3.65. The predicted molar refractivity (Wildman–Crippen MR) is 105 cm³/mol. The number of aryl methyl sites for hydroxylation is 1. The Bertz CT molecular complexity index is 761. The van der Waals surface area contributed by atoms with E-state index in [1.807, 2.05) is 69.2 Å². The van der Waals surface area contributed by atoms with E-state index in [4.69, 9.17) is 0 Å². The highest BCUT2D eigenvalue weighted by molar-refractivity contribution is 5.90. The number of nitrogens with zero attached hydrogens (tertiary/aromatic N) is 2. The summed E-state index contributed by atoms with van der Waals surface area (Å²) in [5, 5.41) is 5.74. The molecule has 2 aromatic rings. The Morgan fingerprint density at radius 1 is 1.12 bits per heavy atom. The summed E-state index contributed by atoms with van der Waals surface area (Å²) in [6.07, 6.45) is 0. The van der Waals surface area contributed by atoms with E-state index in [-0.39, 0.29) is 17.9 Å². The zero-order valence-corrected chi connectivity index (χ0v) is 16.0. The highest BCUT2D eigenvalue weighted by atomic mass is 19.1. The van der Waals surface area contributed by atoms with Crippen molar-refractivity contribution in [3.63, 3.8) is 0 Å². The Kier molecular flexibility index (Phi) is 6.58. The third-order valence-corrected chi connectivity index (χ3v) is 4.29. The van der Waals surface area contributed by atoms with Crippen LogP contribution in [-0.4, -0.2) is 45.7 Å². The van der Waals surface area contributed by atoms with Crippen molar-refractivity contribution in [2.75, 3.05) is 45.0 Å². The van der Waals surface area contributed by atoms with Gasteiger partial charge in [0.2, 0.25) is 0 Å². The van der Waals surface area contributed by atoms with E-state index >= 15 is 0 Å². The zero-order chi connectivity index (χ0) is 19.3. The molecule has 0 aromatic heterocycles. The van der Waals surface area contributed by atoms with E-state index in [1.165, 1.54) is 12.1 Å². The molecule has 1 unspecified atom stereocenters. The smallest absolute Gasteiger partial charge is 0.319 e. The van der Waals surface area contributed by atoms with Gasteiger partial charge in [-0.1, -0.05) is 12.1 Å². The van der Waals surface area contributed by atoms with Crippen molar-refractivity contribution in [1.82, 2.24) is 10.2 Å². The van der Waals surface area contributed by atoms with Crippen molar-refractivity contribution in [3.8, 4) is 0 Å². The molecule has 26 heavy (non-hydrogen) atoms. The summed E-state index contributed by atoms with van der Waals surface area (Å²) in [6, 6.07) is 11.9. The predicted octanol–water partition coefficient (Wildman–Crippen LogP) is 3.62. The van der Waals surface area contributed by atoms with Gasteiger partial charge in [-0.25, -0.2) is 9.18 Å². The fourth-order valence-corrected chi connectivity index (χ4v) is 2.73. The molecule has 2 amide bonds. The van der Waals surface area contributed by atoms with Crippen molar-refractivity contribution in [3.05, 3.63) is 59.4 Å². The third-order valence-electron chi connectivity index (χ3n) is 4.29. The molecule has 0 heterocycles. The van der Waals surface area contributed by atoms with Gasteiger partial charge >= 0.3 is 6.03 Å². The third kappa shape index (κ3) is 5.20. The van der Waals surface area contributed by atoms with Gasteiger partial charge in [-0.2, -0.15) is 0 Å². The quantitative estimate of drug-likeness (QED) is 0.829. The molecule has 0 bridgehead atoms. The Morgan fingerprint density at radius 3 is 2.42 bits per heavy atom. The fraction of sp³-hybridized carbons (Fsp3) is 0.350. The van der Waals surface area contributed by atoms with Crippen LogP contribution in [0.2, 0.25) is 0 Å². The molecule has 5 nitrogen and oxygen atoms in total. The summed E-state index contributed by atoms with van der Waals surface area (Å²) < 4.78 is 13.5. The van der Waals surface area contributed by atoms with Crippen LogP contribution >= 0.6 is 0 Å². The molecule has 0 aliphatic rings. The summed E-state index contributed by atoms with van der Waals surface area (Å²) in [6.45, 7) is 2.33. The second-order valence-electron chi connectivity index (χ2n) is 6.76. The van der Waals surface area contributed by atoms with Crippen molar-refractivity contribution in [1.29, 1.82) is 0 Å². The maximum Gasteiger partial charge on any atom is 0.319 e. The Morgan fingerprint density at radius 2 is 1.85 bits per heavy atom. The Balaban J connectivity index is 2.00. The van der Waals surface area contributed by atoms with Crippen LogP contribution < -0.4 is 15.5 Å². The largest absolute Gasteiger partial charge is 0.378 e. The molecule has 140 valence electrons. The van der Waals surface area contributed by atoms with Gasteiger partial charge in [0.1, 0.15) is 5.82 Å². The van der Waals surface area contributed by atoms with Crippen molar-refractivity contribution < 1.29 is 9.18 Å². The van der Waals surface area contributed by atoms with Crippen LogP contribution in [0.4, 0.5) is 20.6 Å². The number of halogens is 1. The first-order valence-electron chi connectivity index (χ1n) is 8.52. The molecule has 0 radical (unpaired) electrons. The average molecular weight is 358 g/mol. The highest BCUT2D eigenvalue weighted by Gasteiger charge is 2.16. The van der Waals surface area contributed by atoms with Crippen LogP contribution in [0.1, 0.15) is 17.2 Å². The molecule has 2 N–H and O–H groups in total. The summed E-state index contributed by atoms with van der Waals surface area (Å²) in [5.74, 6) is -0.282. The highest BCUT2D eigenvalue weighted by Crippen LogP contribution is 2.22. The van der Waals surface area contributed by atoms with E-state index in [1.54, 1.807) is 6.07 Å². The minimum Gasteiger partial charge on any atom is -0.378 e. The molecular formula is C20H27FN4O. The van der Waals surface area contributed by atoms with Gasteiger partial charge in [0.25, 0.3) is 0 Å². The lowest BCUT2D eigenvalue weighted by atomic mass is 10.1. The average Bonchev–Trinajstić information content (AvgIpc) is 2.56. The molecule has 1 atom stereocenters. The van der Waals surface area contributed by atoms with Crippen LogP contribution in [0.25, 0.3) is 0 Å². The molecule has 0 saturated carbocycles. The van der Waals surface area contributed by atoms with E-state index in [0.29, 0.717) is 6.54 Å². The molecule has 2 rings (SSSR count). The van der Waals surface area contributed by atoms with Crippen molar-refractivity contribution in [2.45, 2.75) is 13.0 Å². The van der Waals surface area contributed by atoms with Gasteiger partial charge in [0, 0.05) is 32.0 Å².